The maximum atomic E-state index is 12.1. The van der Waals surface area contributed by atoms with Crippen LogP contribution in [0.5, 0.6) is 0 Å². The number of fused-ring (bicyclic) bond motifs is 6. The Morgan fingerprint density at radius 2 is 1.09 bits per heavy atom. The fourth-order valence-corrected chi connectivity index (χ4v) is 13.3. The fraction of sp³-hybridized carbons (Fsp3) is 0.436. The predicted molar refractivity (Wildman–Crippen MR) is 292 cm³/mol. The van der Waals surface area contributed by atoms with Crippen LogP contribution < -0.4 is 104 Å². The van der Waals surface area contributed by atoms with E-state index in [0.29, 0.717) is 69.2 Å². The van der Waals surface area contributed by atoms with Crippen molar-refractivity contribution in [2.45, 2.75) is 107 Å². The third kappa shape index (κ3) is 16.3. The van der Waals surface area contributed by atoms with Crippen LogP contribution in [0.4, 0.5) is 11.4 Å². The van der Waals surface area contributed by atoms with E-state index < -0.39 is 62.8 Å². The first-order valence-corrected chi connectivity index (χ1v) is 31.3. The number of anilines is 2. The average molecular weight is 1190 g/mol. The van der Waals surface area contributed by atoms with Crippen molar-refractivity contribution in [3.63, 3.8) is 0 Å². The largest absolute Gasteiger partial charge is 1.00 e. The summed E-state index contributed by atoms with van der Waals surface area (Å²) < 4.78 is 151. The summed E-state index contributed by atoms with van der Waals surface area (Å²) in [5.41, 5.74) is 6.42. The first-order valence-electron chi connectivity index (χ1n) is 25.3. The SMILES string of the molecule is C#CCOC1C/C(=C/C=C2\N(CCCCS(=O)(=O)[O-])c3ccc4cc(S(=O)(=O)[O-])ccc4c3C2(C)C)C(=[N+](CC)CCNCC)/C(=C/C=C2\N(CCCCS(=O)(=O)[O-])c3ccc4cc(S(=O)(=O)[O-])ccc4c3C2(C)C)C1.[Na+].[Na+].[Na+]. The normalized spacial score (nSPS) is 19.8. The van der Waals surface area contributed by atoms with Gasteiger partial charge >= 0.3 is 88.7 Å². The smallest absolute Gasteiger partial charge is 0.748 e. The van der Waals surface area contributed by atoms with Crippen LogP contribution in [0.1, 0.15) is 91.2 Å². The van der Waals surface area contributed by atoms with Gasteiger partial charge in [-0.05, 0) is 120 Å². The zero-order valence-electron chi connectivity index (χ0n) is 46.6. The number of unbranched alkanes of at least 4 members (excludes halogenated alkanes) is 2. The quantitative estimate of drug-likeness (QED) is 0.0308. The van der Waals surface area contributed by atoms with Gasteiger partial charge in [-0.2, -0.15) is 0 Å². The summed E-state index contributed by atoms with van der Waals surface area (Å²) in [6.07, 6.45) is 15.6. The van der Waals surface area contributed by atoms with E-state index in [1.54, 1.807) is 24.3 Å². The van der Waals surface area contributed by atoms with Crippen molar-refractivity contribution >= 4 is 79.1 Å². The van der Waals surface area contributed by atoms with Crippen molar-refractivity contribution in [2.24, 2.45) is 0 Å². The van der Waals surface area contributed by atoms with Crippen LogP contribution in [0.25, 0.3) is 21.5 Å². The van der Waals surface area contributed by atoms with E-state index in [0.717, 1.165) is 68.1 Å². The van der Waals surface area contributed by atoms with Crippen LogP contribution in [-0.2, 0) is 56.0 Å². The molecule has 3 aliphatic rings. The second-order valence-electron chi connectivity index (χ2n) is 20.4. The number of ether oxygens (including phenoxy) is 1. The Bertz CT molecular complexity index is 3400. The van der Waals surface area contributed by atoms with E-state index in [2.05, 4.69) is 56.8 Å². The van der Waals surface area contributed by atoms with Crippen LogP contribution in [0.2, 0.25) is 0 Å². The molecule has 0 bridgehead atoms. The summed E-state index contributed by atoms with van der Waals surface area (Å²) in [6.45, 7) is 15.7. The van der Waals surface area contributed by atoms with Gasteiger partial charge in [0.1, 0.15) is 33.4 Å². The molecule has 24 heteroatoms. The van der Waals surface area contributed by atoms with Gasteiger partial charge in [0, 0.05) is 82.2 Å². The topological polar surface area (TPSA) is 260 Å². The Labute approximate surface area is 533 Å². The van der Waals surface area contributed by atoms with Crippen LogP contribution >= 0.6 is 0 Å². The van der Waals surface area contributed by atoms with Gasteiger partial charge < -0.3 is 38.1 Å². The monoisotopic (exact) mass is 1190 g/mol. The van der Waals surface area contributed by atoms with Crippen molar-refractivity contribution < 1.29 is 150 Å². The molecule has 79 heavy (non-hydrogen) atoms. The molecule has 1 N–H and O–H groups in total. The molecule has 0 saturated heterocycles. The van der Waals surface area contributed by atoms with E-state index >= 15 is 0 Å². The van der Waals surface area contributed by atoms with Gasteiger partial charge in [-0.3, -0.25) is 0 Å². The average Bonchev–Trinajstić information content (AvgIpc) is 3.75. The third-order valence-corrected chi connectivity index (χ3v) is 17.8. The Morgan fingerprint density at radius 1 is 0.658 bits per heavy atom. The summed E-state index contributed by atoms with van der Waals surface area (Å²) in [7, 11) is -18.4. The van der Waals surface area contributed by atoms with Gasteiger partial charge in [0.2, 0.25) is 5.71 Å². The van der Waals surface area contributed by atoms with Crippen molar-refractivity contribution in [1.82, 2.24) is 5.32 Å². The number of likely N-dealkylation sites (N-methyl/N-ethyl adjacent to an activating group) is 2. The van der Waals surface area contributed by atoms with Gasteiger partial charge in [0.05, 0.1) is 42.7 Å². The summed E-state index contributed by atoms with van der Waals surface area (Å²) >= 11 is 0. The summed E-state index contributed by atoms with van der Waals surface area (Å²) in [5, 5.41) is 6.03. The maximum Gasteiger partial charge on any atom is 1.00 e. The first-order chi connectivity index (χ1) is 35.6. The number of allylic oxidation sites excluding steroid dienone is 6. The van der Waals surface area contributed by atoms with Gasteiger partial charge in [-0.1, -0.05) is 77.0 Å². The van der Waals surface area contributed by atoms with E-state index in [1.165, 1.54) is 24.3 Å². The second kappa shape index (κ2) is 28.1. The Balaban J connectivity index is 0.00000448. The molecule has 2 aliphatic heterocycles. The Morgan fingerprint density at radius 3 is 1.46 bits per heavy atom. The number of benzene rings is 4. The van der Waals surface area contributed by atoms with Crippen LogP contribution in [0, 0.1) is 12.3 Å². The molecular formula is C55H65N4Na3O13S4. The molecule has 1 atom stereocenters. The molecule has 7 rings (SSSR count). The Hall–Kier alpha value is -2.25. The van der Waals surface area contributed by atoms with Gasteiger partial charge in [0.15, 0.2) is 6.54 Å². The van der Waals surface area contributed by atoms with E-state index in [4.69, 9.17) is 11.2 Å². The number of hydrogen-bond acceptors (Lipinski definition) is 16. The molecule has 4 aromatic carbocycles. The fourth-order valence-electron chi connectivity index (χ4n) is 11.2. The molecule has 1 fully saturated rings. The Kier molecular flexibility index (Phi) is 24.6. The van der Waals surface area contributed by atoms with Gasteiger partial charge in [-0.15, -0.1) is 6.42 Å². The molecule has 410 valence electrons. The molecule has 0 amide bonds. The number of nitrogens with zero attached hydrogens (tertiary/aromatic N) is 3. The predicted octanol–water partition coefficient (Wildman–Crippen LogP) is -2.12. The van der Waals surface area contributed by atoms with Crippen LogP contribution in [0.15, 0.2) is 117 Å². The molecule has 1 unspecified atom stereocenters. The van der Waals surface area contributed by atoms with Crippen molar-refractivity contribution in [2.75, 3.05) is 67.2 Å². The standard InChI is InChI=1S/C55H68N4O13S4.3Na/c1-8-31-72-42-34-40(17-25-49-54(4,5)51-45-21-19-43(75(66,67)68)36-38(45)15-23-47(51)58(49)28-11-13-32-73(60,61)62)53(57(10-3)30-27-56-9-2)41(35-42)18-26-50-55(6,7)52-46-22-20-44(76(69,70)71)37-39(46)16-24-48(52)59(50)29-12-14-33-74(63,64)65;;;/h1,15-26,36-37,42,56H,9-14,27-35H2,2-7H3,(H3-,60,61,62,63,64,65,66,67,68,69,70,71);;;/q;3*+1/p-3. The van der Waals surface area contributed by atoms with Crippen molar-refractivity contribution in [1.29, 1.82) is 0 Å². The number of nitrogens with one attached hydrogen (secondary N) is 1. The molecule has 0 radical (unpaired) electrons. The number of rotatable bonds is 21. The van der Waals surface area contributed by atoms with Crippen LogP contribution in [0.3, 0.4) is 0 Å². The molecule has 1 saturated carbocycles. The summed E-state index contributed by atoms with van der Waals surface area (Å²) in [5.74, 6) is 1.57. The van der Waals surface area contributed by atoms with E-state index in [-0.39, 0.29) is 124 Å². The first kappa shape index (κ1) is 69.2. The van der Waals surface area contributed by atoms with E-state index in [9.17, 15) is 51.9 Å². The minimum Gasteiger partial charge on any atom is -0.748 e. The number of hydrogen-bond donors (Lipinski definition) is 1. The summed E-state index contributed by atoms with van der Waals surface area (Å²) in [6, 6.07) is 15.9. The van der Waals surface area contributed by atoms with Crippen LogP contribution in [-0.4, -0.2) is 126 Å². The zero-order chi connectivity index (χ0) is 55.6. The second-order valence-corrected chi connectivity index (χ2v) is 26.2. The van der Waals surface area contributed by atoms with Gasteiger partial charge in [-0.25, -0.2) is 38.2 Å². The number of terminal acetylenes is 1. The molecule has 4 aromatic rings. The maximum absolute atomic E-state index is 12.1. The molecular weight excluding hydrogens is 1120 g/mol. The molecule has 0 aromatic heterocycles. The minimum absolute atomic E-state index is 0. The molecule has 0 spiro atoms. The van der Waals surface area contributed by atoms with E-state index in [1.807, 2.05) is 46.8 Å². The third-order valence-electron chi connectivity index (χ3n) is 14.6. The molecule has 1 aliphatic carbocycles. The van der Waals surface area contributed by atoms with Gasteiger partial charge in [0.25, 0.3) is 0 Å². The summed E-state index contributed by atoms with van der Waals surface area (Å²) in [4.78, 5) is 3.50. The molecule has 2 heterocycles. The zero-order valence-corrected chi connectivity index (χ0v) is 55.9. The molecule has 17 nitrogen and oxygen atoms in total. The van der Waals surface area contributed by atoms with Crippen molar-refractivity contribution in [3.05, 3.63) is 119 Å². The minimum atomic E-state index is -4.75. The van der Waals surface area contributed by atoms with Crippen molar-refractivity contribution in [3.8, 4) is 12.3 Å².